The molecule has 0 aromatic rings. The first-order valence-corrected chi connectivity index (χ1v) is 6.11. The van der Waals surface area contributed by atoms with Crippen molar-refractivity contribution in [2.24, 2.45) is 5.92 Å². The summed E-state index contributed by atoms with van der Waals surface area (Å²) in [5, 5.41) is 20.8. The minimum atomic E-state index is -1.33. The van der Waals surface area contributed by atoms with E-state index in [0.717, 1.165) is 6.42 Å². The third kappa shape index (κ3) is 1.97. The maximum absolute atomic E-state index is 11.9. The Morgan fingerprint density at radius 1 is 1.58 bits per heavy atom. The van der Waals surface area contributed by atoms with E-state index < -0.39 is 18.0 Å². The number of β-lactam (4-membered cyclic amide) rings is 1. The molecule has 0 aromatic heterocycles. The maximum Gasteiger partial charge on any atom is 1.00 e. The first kappa shape index (κ1) is 15.0. The molecule has 2 saturated heterocycles. The molecule has 7 heteroatoms. The molecule has 1 N–H and O–H groups in total. The summed E-state index contributed by atoms with van der Waals surface area (Å²) in [6, 6.07) is -0.374. The van der Waals surface area contributed by atoms with Crippen LogP contribution in [0.4, 0.5) is 0 Å². The van der Waals surface area contributed by atoms with Crippen molar-refractivity contribution in [2.75, 3.05) is 6.61 Å². The van der Waals surface area contributed by atoms with Crippen molar-refractivity contribution in [3.63, 3.8) is 0 Å². The van der Waals surface area contributed by atoms with Crippen LogP contribution in [0.5, 0.6) is 0 Å². The van der Waals surface area contributed by atoms with Gasteiger partial charge in [-0.25, -0.2) is 0 Å². The van der Waals surface area contributed by atoms with Gasteiger partial charge in [0.2, 0.25) is 5.91 Å². The summed E-state index contributed by atoms with van der Waals surface area (Å²) in [5.41, 5.74) is 0.606. The monoisotopic (exact) mass is 275 g/mol. The Hall–Kier alpha value is -0.400. The van der Waals surface area contributed by atoms with Gasteiger partial charge in [-0.3, -0.25) is 4.79 Å². The largest absolute Gasteiger partial charge is 1.00 e. The molecule has 3 heterocycles. The van der Waals surface area contributed by atoms with Crippen LogP contribution in [0.15, 0.2) is 11.3 Å². The van der Waals surface area contributed by atoms with Gasteiger partial charge in [0.1, 0.15) is 6.10 Å². The van der Waals surface area contributed by atoms with E-state index in [1.165, 1.54) is 4.90 Å². The number of carbonyl (C=O) groups is 2. The Labute approximate surface area is 132 Å². The fourth-order valence-corrected chi connectivity index (χ4v) is 3.26. The van der Waals surface area contributed by atoms with E-state index in [1.54, 1.807) is 6.92 Å². The van der Waals surface area contributed by atoms with Crippen molar-refractivity contribution < 1.29 is 54.1 Å². The Morgan fingerprint density at radius 3 is 2.84 bits per heavy atom. The molecule has 3 aliphatic rings. The van der Waals surface area contributed by atoms with Gasteiger partial charge < -0.3 is 24.6 Å². The van der Waals surface area contributed by atoms with Gasteiger partial charge in [0.25, 0.3) is 0 Å². The molecule has 0 spiro atoms. The Balaban J connectivity index is 0.00000133. The summed E-state index contributed by atoms with van der Waals surface area (Å²) in [4.78, 5) is 24.3. The number of carbonyl (C=O) groups excluding carboxylic acids is 2. The molecule has 3 aliphatic heterocycles. The smallest absolute Gasteiger partial charge is 0.543 e. The number of carboxylic acids is 1. The molecule has 0 saturated carbocycles. The van der Waals surface area contributed by atoms with E-state index >= 15 is 0 Å². The molecule has 0 unspecified atom stereocenters. The normalized spacial score (nSPS) is 34.1. The molecule has 3 rings (SSSR count). The van der Waals surface area contributed by atoms with Crippen LogP contribution in [-0.2, 0) is 14.3 Å². The third-order valence-electron chi connectivity index (χ3n) is 3.99. The molecule has 2 fully saturated rings. The van der Waals surface area contributed by atoms with Crippen molar-refractivity contribution >= 4 is 11.9 Å². The van der Waals surface area contributed by atoms with Gasteiger partial charge in [-0.15, -0.1) is 0 Å². The second kappa shape index (κ2) is 5.18. The zero-order valence-electron chi connectivity index (χ0n) is 11.0. The van der Waals surface area contributed by atoms with Gasteiger partial charge >= 0.3 is 29.6 Å². The van der Waals surface area contributed by atoms with Crippen molar-refractivity contribution in [2.45, 2.75) is 38.0 Å². The van der Waals surface area contributed by atoms with Gasteiger partial charge in [0.15, 0.2) is 0 Å². The molecule has 0 aliphatic carbocycles. The molecule has 0 aromatic carbocycles. The maximum atomic E-state index is 11.9. The first-order valence-electron chi connectivity index (χ1n) is 6.11. The number of aliphatic hydroxyl groups is 1. The van der Waals surface area contributed by atoms with E-state index in [4.69, 9.17) is 4.74 Å². The molecule has 0 radical (unpaired) electrons. The molecule has 1 amide bonds. The van der Waals surface area contributed by atoms with E-state index in [9.17, 15) is 19.8 Å². The van der Waals surface area contributed by atoms with Gasteiger partial charge in [-0.1, -0.05) is 0 Å². The number of hydrogen-bond donors (Lipinski definition) is 1. The second-order valence-corrected chi connectivity index (χ2v) is 5.02. The van der Waals surface area contributed by atoms with Crippen molar-refractivity contribution in [1.29, 1.82) is 0 Å². The average molecular weight is 275 g/mol. The SMILES string of the molecule is C[C@@H](O)[C@H]1C(=O)N2C(C(=O)[O-])=C3CCCO[C@@H]3[C@H]12.[Na+]. The second-order valence-electron chi connectivity index (χ2n) is 5.02. The molecular weight excluding hydrogens is 261 g/mol. The molecule has 0 bridgehead atoms. The van der Waals surface area contributed by atoms with Crippen LogP contribution in [0.2, 0.25) is 0 Å². The van der Waals surface area contributed by atoms with Crippen LogP contribution in [-0.4, -0.2) is 46.7 Å². The number of fused-ring (bicyclic) bond motifs is 3. The zero-order valence-corrected chi connectivity index (χ0v) is 13.0. The Morgan fingerprint density at radius 2 is 2.26 bits per heavy atom. The van der Waals surface area contributed by atoms with Crippen LogP contribution in [0.3, 0.4) is 0 Å². The number of aliphatic carboxylic acids is 1. The topological polar surface area (TPSA) is 89.9 Å². The summed E-state index contributed by atoms with van der Waals surface area (Å²) >= 11 is 0. The minimum absolute atomic E-state index is 0. The summed E-state index contributed by atoms with van der Waals surface area (Å²) < 4.78 is 5.59. The van der Waals surface area contributed by atoms with Crippen molar-refractivity contribution in [3.05, 3.63) is 11.3 Å². The molecule has 19 heavy (non-hydrogen) atoms. The van der Waals surface area contributed by atoms with E-state index in [0.29, 0.717) is 18.6 Å². The average Bonchev–Trinajstić information content (AvgIpc) is 2.60. The molecule has 98 valence electrons. The standard InChI is InChI=1S/C12H15NO5.Na/c1-5(14)7-9-10-6(3-2-4-18-10)8(12(16)17)13(9)11(7)15;/h5,7,9-10,14H,2-4H2,1H3,(H,16,17);/q;+1/p-1/t5-,7-,9+,10+;/m1./s1. The van der Waals surface area contributed by atoms with Crippen LogP contribution in [0.25, 0.3) is 0 Å². The van der Waals surface area contributed by atoms with Crippen LogP contribution in [0, 0.1) is 5.92 Å². The molecule has 4 atom stereocenters. The van der Waals surface area contributed by atoms with E-state index in [1.807, 2.05) is 0 Å². The van der Waals surface area contributed by atoms with Gasteiger partial charge in [0.05, 0.1) is 29.7 Å². The van der Waals surface area contributed by atoms with Crippen LogP contribution >= 0.6 is 0 Å². The third-order valence-corrected chi connectivity index (χ3v) is 3.99. The quantitative estimate of drug-likeness (QED) is 0.404. The predicted octanol–water partition coefficient (Wildman–Crippen LogP) is -4.61. The summed E-state index contributed by atoms with van der Waals surface area (Å²) in [5.74, 6) is -2.25. The number of nitrogens with zero attached hydrogens (tertiary/aromatic N) is 1. The fraction of sp³-hybridized carbons (Fsp3) is 0.667. The number of aliphatic hydroxyl groups excluding tert-OH is 1. The number of rotatable bonds is 2. The van der Waals surface area contributed by atoms with Crippen molar-refractivity contribution in [1.82, 2.24) is 4.90 Å². The number of hydrogen-bond acceptors (Lipinski definition) is 5. The molecular formula is C12H14NNaO5. The van der Waals surface area contributed by atoms with Crippen LogP contribution < -0.4 is 34.7 Å². The van der Waals surface area contributed by atoms with Crippen molar-refractivity contribution in [3.8, 4) is 0 Å². The number of ether oxygens (including phenoxy) is 1. The van der Waals surface area contributed by atoms with Gasteiger partial charge in [-0.2, -0.15) is 0 Å². The zero-order chi connectivity index (χ0) is 13.0. The van der Waals surface area contributed by atoms with E-state index in [-0.39, 0.29) is 53.3 Å². The summed E-state index contributed by atoms with van der Waals surface area (Å²) in [6.45, 7) is 2.10. The summed E-state index contributed by atoms with van der Waals surface area (Å²) in [6.07, 6.45) is 0.174. The summed E-state index contributed by atoms with van der Waals surface area (Å²) in [7, 11) is 0. The van der Waals surface area contributed by atoms with Gasteiger partial charge in [0, 0.05) is 6.61 Å². The van der Waals surface area contributed by atoms with Crippen LogP contribution in [0.1, 0.15) is 19.8 Å². The van der Waals surface area contributed by atoms with Gasteiger partial charge in [-0.05, 0) is 25.3 Å². The minimum Gasteiger partial charge on any atom is -0.543 e. The molecule has 6 nitrogen and oxygen atoms in total. The number of amides is 1. The Bertz CT molecular complexity index is 461. The predicted molar refractivity (Wildman–Crippen MR) is 56.8 cm³/mol. The number of carboxylic acid groups (broad SMARTS) is 1. The first-order chi connectivity index (χ1) is 8.54. The van der Waals surface area contributed by atoms with E-state index in [2.05, 4.69) is 0 Å². The fourth-order valence-electron chi connectivity index (χ4n) is 3.26. The Kier molecular flexibility index (Phi) is 4.09.